The maximum absolute atomic E-state index is 10.7. The summed E-state index contributed by atoms with van der Waals surface area (Å²) >= 11 is 0. The van der Waals surface area contributed by atoms with Crippen LogP contribution in [0.25, 0.3) is 65.3 Å². The van der Waals surface area contributed by atoms with Crippen LogP contribution in [0.1, 0.15) is 0 Å². The van der Waals surface area contributed by atoms with Crippen LogP contribution in [0.3, 0.4) is 0 Å². The maximum Gasteiger partial charge on any atom is 0.208 e. The van der Waals surface area contributed by atoms with Crippen molar-refractivity contribution in [3.05, 3.63) is 60.7 Å². The molecule has 32 heavy (non-hydrogen) atoms. The molecule has 0 unspecified atom stereocenters. The molecule has 0 saturated carbocycles. The molecule has 154 valence electrons. The number of phenolic OH excluding ortho intramolecular Hbond substituents is 4. The second-order valence-electron chi connectivity index (χ2n) is 8.03. The lowest BCUT2D eigenvalue weighted by Gasteiger charge is -2.06. The van der Waals surface area contributed by atoms with Crippen molar-refractivity contribution in [2.75, 3.05) is 0 Å². The Bertz CT molecular complexity index is 1930. The van der Waals surface area contributed by atoms with Gasteiger partial charge in [-0.1, -0.05) is 60.7 Å². The smallest absolute Gasteiger partial charge is 0.208 e. The predicted octanol–water partition coefficient (Wildman–Crippen LogP) is 6.35. The van der Waals surface area contributed by atoms with E-state index in [2.05, 4.69) is 29.2 Å². The van der Waals surface area contributed by atoms with Gasteiger partial charge in [-0.3, -0.25) is 0 Å². The van der Waals surface area contributed by atoms with Crippen LogP contribution in [0.15, 0.2) is 65.1 Å². The zero-order chi connectivity index (χ0) is 21.7. The van der Waals surface area contributed by atoms with Gasteiger partial charge in [0.1, 0.15) is 0 Å². The number of benzene rings is 5. The maximum atomic E-state index is 10.7. The molecule has 0 aliphatic heterocycles. The van der Waals surface area contributed by atoms with E-state index in [-0.39, 0.29) is 11.0 Å². The molecule has 0 aliphatic carbocycles. The number of aromatic amines is 1. The molecule has 0 bridgehead atoms. The molecule has 0 spiro atoms. The number of aromatic hydroxyl groups is 4. The van der Waals surface area contributed by atoms with E-state index in [0.29, 0.717) is 16.5 Å². The van der Waals surface area contributed by atoms with Crippen LogP contribution in [0.2, 0.25) is 0 Å². The average Bonchev–Trinajstić information content (AvgIpc) is 3.41. The number of aromatic nitrogens is 1. The molecular weight excluding hydrogens is 406 g/mol. The molecule has 0 radical (unpaired) electrons. The van der Waals surface area contributed by atoms with Crippen LogP contribution in [0.4, 0.5) is 0 Å². The van der Waals surface area contributed by atoms with Crippen molar-refractivity contribution in [3.63, 3.8) is 0 Å². The van der Waals surface area contributed by atoms with E-state index in [9.17, 15) is 20.4 Å². The Kier molecular flexibility index (Phi) is 2.98. The normalized spacial score (nSPS) is 12.2. The number of furan rings is 1. The topological polar surface area (TPSA) is 110 Å². The van der Waals surface area contributed by atoms with Crippen molar-refractivity contribution in [2.45, 2.75) is 0 Å². The van der Waals surface area contributed by atoms with Crippen molar-refractivity contribution >= 4 is 65.3 Å². The van der Waals surface area contributed by atoms with Gasteiger partial charge in [0.2, 0.25) is 17.2 Å². The van der Waals surface area contributed by atoms with Gasteiger partial charge in [-0.05, 0) is 16.2 Å². The fraction of sp³-hybridized carbons (Fsp3) is 0. The van der Waals surface area contributed by atoms with E-state index < -0.39 is 23.0 Å². The van der Waals surface area contributed by atoms with Gasteiger partial charge < -0.3 is 29.8 Å². The monoisotopic (exact) mass is 421 g/mol. The Morgan fingerprint density at radius 1 is 0.500 bits per heavy atom. The van der Waals surface area contributed by atoms with Gasteiger partial charge >= 0.3 is 0 Å². The van der Waals surface area contributed by atoms with Gasteiger partial charge in [0.15, 0.2) is 16.9 Å². The second kappa shape index (κ2) is 5.56. The number of fused-ring (bicyclic) bond motifs is 12. The van der Waals surface area contributed by atoms with Crippen molar-refractivity contribution in [2.24, 2.45) is 0 Å². The summed E-state index contributed by atoms with van der Waals surface area (Å²) in [7, 11) is 0. The van der Waals surface area contributed by atoms with Crippen LogP contribution in [-0.4, -0.2) is 25.4 Å². The third-order valence-corrected chi connectivity index (χ3v) is 6.42. The molecule has 0 amide bonds. The third kappa shape index (κ3) is 1.85. The van der Waals surface area contributed by atoms with Gasteiger partial charge in [0.05, 0.1) is 16.4 Å². The van der Waals surface area contributed by atoms with Crippen molar-refractivity contribution in [1.29, 1.82) is 0 Å². The highest BCUT2D eigenvalue weighted by atomic mass is 16.4. The lowest BCUT2D eigenvalue weighted by atomic mass is 9.97. The first-order chi connectivity index (χ1) is 15.6. The van der Waals surface area contributed by atoms with E-state index in [0.717, 1.165) is 37.8 Å². The van der Waals surface area contributed by atoms with Crippen LogP contribution in [0, 0.1) is 0 Å². The predicted molar refractivity (Wildman–Crippen MR) is 125 cm³/mol. The lowest BCUT2D eigenvalue weighted by molar-refractivity contribution is 0.348. The molecule has 5 N–H and O–H groups in total. The third-order valence-electron chi connectivity index (χ3n) is 6.42. The lowest BCUT2D eigenvalue weighted by Crippen LogP contribution is -1.80. The highest BCUT2D eigenvalue weighted by Gasteiger charge is 2.27. The molecule has 0 saturated heterocycles. The molecule has 0 fully saturated rings. The molecule has 2 heterocycles. The number of hydrogen-bond donors (Lipinski definition) is 5. The summed E-state index contributed by atoms with van der Waals surface area (Å²) in [4.78, 5) is 3.50. The molecule has 7 aromatic rings. The molecule has 7 rings (SSSR count). The Labute approximate surface area is 179 Å². The number of H-pyrrole nitrogens is 1. The summed E-state index contributed by atoms with van der Waals surface area (Å²) in [5, 5.41) is 47.9. The Morgan fingerprint density at radius 3 is 1.94 bits per heavy atom. The fourth-order valence-corrected chi connectivity index (χ4v) is 5.01. The highest BCUT2D eigenvalue weighted by Crippen LogP contribution is 2.54. The van der Waals surface area contributed by atoms with Crippen LogP contribution in [0.5, 0.6) is 23.0 Å². The molecular formula is C26H15NO5. The van der Waals surface area contributed by atoms with Crippen molar-refractivity contribution in [1.82, 2.24) is 4.98 Å². The van der Waals surface area contributed by atoms with Gasteiger partial charge in [-0.2, -0.15) is 0 Å². The first-order valence-corrected chi connectivity index (χ1v) is 10.1. The highest BCUT2D eigenvalue weighted by molar-refractivity contribution is 6.36. The van der Waals surface area contributed by atoms with Gasteiger partial charge in [0.25, 0.3) is 0 Å². The Hall–Kier alpha value is -4.58. The zero-order valence-electron chi connectivity index (χ0n) is 16.5. The fourth-order valence-electron chi connectivity index (χ4n) is 5.01. The summed E-state index contributed by atoms with van der Waals surface area (Å²) in [6.07, 6.45) is 0. The van der Waals surface area contributed by atoms with Gasteiger partial charge in [-0.15, -0.1) is 0 Å². The van der Waals surface area contributed by atoms with Crippen molar-refractivity contribution < 1.29 is 24.8 Å². The minimum absolute atomic E-state index is 0.0889. The Balaban J connectivity index is 1.86. The van der Waals surface area contributed by atoms with E-state index in [1.807, 2.05) is 36.4 Å². The average molecular weight is 421 g/mol. The standard InChI is InChI=1S/C26H15NO5/c28-21-18-17-14-8-4-3-7-13(14)16-15-10-9-11-5-1-2-6-12(11)19(15)27-20(16)25(17)32-26(18)24(31)23(30)22(21)29/h1-10,27-31H. The number of nitrogens with one attached hydrogen (secondary N) is 1. The molecule has 0 aliphatic rings. The van der Waals surface area contributed by atoms with Crippen LogP contribution >= 0.6 is 0 Å². The van der Waals surface area contributed by atoms with Crippen LogP contribution in [-0.2, 0) is 0 Å². The number of rotatable bonds is 0. The number of hydrogen-bond acceptors (Lipinski definition) is 5. The summed E-state index contributed by atoms with van der Waals surface area (Å²) in [6, 6.07) is 20.0. The summed E-state index contributed by atoms with van der Waals surface area (Å²) < 4.78 is 6.05. The summed E-state index contributed by atoms with van der Waals surface area (Å²) in [5.41, 5.74) is 1.99. The van der Waals surface area contributed by atoms with Gasteiger partial charge in [-0.25, -0.2) is 0 Å². The first-order valence-electron chi connectivity index (χ1n) is 10.1. The molecule has 6 nitrogen and oxygen atoms in total. The van der Waals surface area contributed by atoms with Crippen LogP contribution < -0.4 is 0 Å². The summed E-state index contributed by atoms with van der Waals surface area (Å²) in [5.74, 6) is -2.77. The van der Waals surface area contributed by atoms with E-state index >= 15 is 0 Å². The minimum Gasteiger partial charge on any atom is -0.504 e. The molecule has 5 aromatic carbocycles. The first kappa shape index (κ1) is 17.1. The molecule has 0 atom stereocenters. The Morgan fingerprint density at radius 2 is 1.16 bits per heavy atom. The summed E-state index contributed by atoms with van der Waals surface area (Å²) in [6.45, 7) is 0. The zero-order valence-corrected chi connectivity index (χ0v) is 16.5. The SMILES string of the molecule is Oc1c(O)c(O)c2c(oc3c4[nH]c5c6ccccc6ccc5c4c4ccccc4c32)c1O. The van der Waals surface area contributed by atoms with Crippen molar-refractivity contribution in [3.8, 4) is 23.0 Å². The molecule has 6 heteroatoms. The number of phenols is 4. The van der Waals surface area contributed by atoms with Gasteiger partial charge in [0, 0.05) is 21.5 Å². The quantitative estimate of drug-likeness (QED) is 0.145. The minimum atomic E-state index is -0.822. The van der Waals surface area contributed by atoms with E-state index in [1.54, 1.807) is 0 Å². The van der Waals surface area contributed by atoms with E-state index in [4.69, 9.17) is 4.42 Å². The molecule has 2 aromatic heterocycles. The van der Waals surface area contributed by atoms with E-state index in [1.165, 1.54) is 0 Å². The largest absolute Gasteiger partial charge is 0.504 e. The second-order valence-corrected chi connectivity index (χ2v) is 8.03.